The number of fused-ring (bicyclic) bond motifs is 3. The largest absolute Gasteiger partial charge is 0.481 e. The van der Waals surface area contributed by atoms with Crippen LogP contribution in [0.15, 0.2) is 48.5 Å². The number of nitrogens with one attached hydrogen (secondary N) is 2. The Morgan fingerprint density at radius 1 is 1.00 bits per heavy atom. The number of alkyl carbamates (subject to hydrolysis) is 1. The highest BCUT2D eigenvalue weighted by molar-refractivity contribution is 5.81. The Morgan fingerprint density at radius 3 is 2.23 bits per heavy atom. The number of hydrogen-bond acceptors (Lipinski definition) is 4. The third kappa shape index (κ3) is 5.66. The summed E-state index contributed by atoms with van der Waals surface area (Å²) in [5.74, 6) is -1.26. The van der Waals surface area contributed by atoms with Crippen LogP contribution >= 0.6 is 0 Å². The zero-order chi connectivity index (χ0) is 24.9. The van der Waals surface area contributed by atoms with E-state index in [9.17, 15) is 14.4 Å². The molecule has 186 valence electrons. The Balaban J connectivity index is 1.30. The summed E-state index contributed by atoms with van der Waals surface area (Å²) in [5, 5.41) is 14.9. The molecule has 7 heteroatoms. The van der Waals surface area contributed by atoms with Crippen molar-refractivity contribution in [2.24, 2.45) is 17.8 Å². The number of hydrogen-bond donors (Lipinski definition) is 3. The van der Waals surface area contributed by atoms with Gasteiger partial charge in [-0.3, -0.25) is 9.59 Å². The van der Waals surface area contributed by atoms with E-state index in [1.54, 1.807) is 0 Å². The standard InChI is InChI=1S/C28H34N2O5/c1-17(2)25(14-26(31)32)30-27(33)19-13-7-8-18(19)15-29-28(34)35-16-24-22-11-5-3-9-20(22)21-10-4-6-12-23(21)24/h3-6,9-12,17-19,24-25H,7-8,13-16H2,1-2H3,(H,29,34)(H,30,33)(H,31,32)/t18-,19-,25+/m1/s1. The van der Waals surface area contributed by atoms with E-state index in [1.165, 1.54) is 11.1 Å². The second kappa shape index (κ2) is 10.9. The Labute approximate surface area is 206 Å². The highest BCUT2D eigenvalue weighted by Crippen LogP contribution is 2.44. The molecule has 3 N–H and O–H groups in total. The molecule has 0 aliphatic heterocycles. The van der Waals surface area contributed by atoms with Crippen LogP contribution in [0, 0.1) is 17.8 Å². The number of aliphatic carboxylic acids is 1. The van der Waals surface area contributed by atoms with Gasteiger partial charge in [-0.25, -0.2) is 4.79 Å². The van der Waals surface area contributed by atoms with Gasteiger partial charge < -0.3 is 20.5 Å². The van der Waals surface area contributed by atoms with E-state index in [-0.39, 0.29) is 42.6 Å². The van der Waals surface area contributed by atoms with Crippen molar-refractivity contribution in [2.75, 3.05) is 13.2 Å². The summed E-state index contributed by atoms with van der Waals surface area (Å²) in [7, 11) is 0. The molecule has 1 fully saturated rings. The molecule has 3 atom stereocenters. The average Bonchev–Trinajstić information content (AvgIpc) is 3.43. The van der Waals surface area contributed by atoms with Crippen molar-refractivity contribution >= 4 is 18.0 Å². The predicted octanol–water partition coefficient (Wildman–Crippen LogP) is 4.56. The van der Waals surface area contributed by atoms with Gasteiger partial charge in [-0.2, -0.15) is 0 Å². The second-order valence-corrected chi connectivity index (χ2v) is 9.96. The van der Waals surface area contributed by atoms with Crippen LogP contribution in [0.1, 0.15) is 56.6 Å². The summed E-state index contributed by atoms with van der Waals surface area (Å²) in [6, 6.07) is 16.0. The molecule has 2 aliphatic rings. The lowest BCUT2D eigenvalue weighted by molar-refractivity contribution is -0.138. The quantitative estimate of drug-likeness (QED) is 0.490. The van der Waals surface area contributed by atoms with E-state index in [2.05, 4.69) is 34.9 Å². The Kier molecular flexibility index (Phi) is 7.73. The highest BCUT2D eigenvalue weighted by atomic mass is 16.5. The maximum atomic E-state index is 12.9. The summed E-state index contributed by atoms with van der Waals surface area (Å²) in [4.78, 5) is 36.6. The number of ether oxygens (including phenoxy) is 1. The summed E-state index contributed by atoms with van der Waals surface area (Å²) in [5.41, 5.74) is 4.68. The normalized spacial score (nSPS) is 19.6. The number of carboxylic acids is 1. The van der Waals surface area contributed by atoms with Gasteiger partial charge in [0.15, 0.2) is 0 Å². The van der Waals surface area contributed by atoms with Crippen LogP contribution in [0.2, 0.25) is 0 Å². The average molecular weight is 479 g/mol. The van der Waals surface area contributed by atoms with Crippen molar-refractivity contribution in [1.82, 2.24) is 10.6 Å². The van der Waals surface area contributed by atoms with Crippen LogP contribution in [-0.2, 0) is 14.3 Å². The molecule has 7 nitrogen and oxygen atoms in total. The fourth-order valence-electron chi connectivity index (χ4n) is 5.42. The molecule has 0 unspecified atom stereocenters. The maximum Gasteiger partial charge on any atom is 0.407 e. The molecule has 35 heavy (non-hydrogen) atoms. The Hall–Kier alpha value is -3.35. The zero-order valence-corrected chi connectivity index (χ0v) is 20.3. The van der Waals surface area contributed by atoms with Gasteiger partial charge in [0.05, 0.1) is 6.42 Å². The molecule has 2 amide bonds. The highest BCUT2D eigenvalue weighted by Gasteiger charge is 2.35. The lowest BCUT2D eigenvalue weighted by Crippen LogP contribution is -2.45. The number of rotatable bonds is 9. The summed E-state index contributed by atoms with van der Waals surface area (Å²) in [6.07, 6.45) is 1.90. The van der Waals surface area contributed by atoms with Gasteiger partial charge in [0.2, 0.25) is 5.91 Å². The fraction of sp³-hybridized carbons (Fsp3) is 0.464. The van der Waals surface area contributed by atoms with Gasteiger partial charge in [0.1, 0.15) is 6.61 Å². The minimum atomic E-state index is -0.927. The summed E-state index contributed by atoms with van der Waals surface area (Å²) < 4.78 is 5.62. The van der Waals surface area contributed by atoms with Gasteiger partial charge in [-0.15, -0.1) is 0 Å². The predicted molar refractivity (Wildman–Crippen MR) is 133 cm³/mol. The van der Waals surface area contributed by atoms with Crippen LogP contribution in [0.4, 0.5) is 4.79 Å². The van der Waals surface area contributed by atoms with Gasteiger partial charge in [-0.1, -0.05) is 68.8 Å². The van der Waals surface area contributed by atoms with Gasteiger partial charge in [-0.05, 0) is 46.9 Å². The lowest BCUT2D eigenvalue weighted by atomic mass is 9.93. The van der Waals surface area contributed by atoms with E-state index < -0.39 is 18.1 Å². The monoisotopic (exact) mass is 478 g/mol. The van der Waals surface area contributed by atoms with Crippen molar-refractivity contribution in [1.29, 1.82) is 0 Å². The minimum absolute atomic E-state index is 0.000332. The van der Waals surface area contributed by atoms with Crippen LogP contribution in [0.5, 0.6) is 0 Å². The van der Waals surface area contributed by atoms with Crippen LogP contribution in [0.3, 0.4) is 0 Å². The van der Waals surface area contributed by atoms with Crippen molar-refractivity contribution in [3.63, 3.8) is 0 Å². The Bertz CT molecular complexity index is 1040. The van der Waals surface area contributed by atoms with E-state index in [0.717, 1.165) is 30.4 Å². The molecular weight excluding hydrogens is 444 g/mol. The summed E-state index contributed by atoms with van der Waals surface area (Å²) >= 11 is 0. The smallest absolute Gasteiger partial charge is 0.407 e. The van der Waals surface area contributed by atoms with E-state index >= 15 is 0 Å². The van der Waals surface area contributed by atoms with Gasteiger partial charge >= 0.3 is 12.1 Å². The number of carboxylic acid groups (broad SMARTS) is 1. The SMILES string of the molecule is CC(C)[C@H](CC(=O)O)NC(=O)[C@@H]1CCC[C@@H]1CNC(=O)OCC1c2ccccc2-c2ccccc21. The number of benzene rings is 2. The zero-order valence-electron chi connectivity index (χ0n) is 20.3. The molecule has 0 bridgehead atoms. The molecule has 0 aromatic heterocycles. The minimum Gasteiger partial charge on any atom is -0.481 e. The third-order valence-electron chi connectivity index (χ3n) is 7.38. The second-order valence-electron chi connectivity index (χ2n) is 9.96. The first-order valence-electron chi connectivity index (χ1n) is 12.5. The molecule has 0 heterocycles. The van der Waals surface area contributed by atoms with Crippen LogP contribution in [-0.4, -0.2) is 42.3 Å². The van der Waals surface area contributed by atoms with Gasteiger partial charge in [0, 0.05) is 24.4 Å². The molecule has 0 spiro atoms. The lowest BCUT2D eigenvalue weighted by Gasteiger charge is -2.25. The fourth-order valence-corrected chi connectivity index (χ4v) is 5.42. The first-order chi connectivity index (χ1) is 16.8. The first kappa shape index (κ1) is 24.8. The first-order valence-corrected chi connectivity index (χ1v) is 12.5. The van der Waals surface area contributed by atoms with Crippen molar-refractivity contribution in [2.45, 2.75) is 51.5 Å². The molecule has 1 saturated carbocycles. The van der Waals surface area contributed by atoms with Crippen LogP contribution in [0.25, 0.3) is 11.1 Å². The molecule has 0 radical (unpaired) electrons. The molecule has 2 aliphatic carbocycles. The maximum absolute atomic E-state index is 12.9. The molecule has 4 rings (SSSR count). The number of amides is 2. The number of carbonyl (C=O) groups is 3. The van der Waals surface area contributed by atoms with Gasteiger partial charge in [0.25, 0.3) is 0 Å². The molecule has 2 aromatic carbocycles. The number of carbonyl (C=O) groups excluding carboxylic acids is 2. The third-order valence-corrected chi connectivity index (χ3v) is 7.38. The molecule has 2 aromatic rings. The van der Waals surface area contributed by atoms with Crippen molar-refractivity contribution in [3.05, 3.63) is 59.7 Å². The van der Waals surface area contributed by atoms with E-state index in [4.69, 9.17) is 9.84 Å². The van der Waals surface area contributed by atoms with Crippen molar-refractivity contribution < 1.29 is 24.2 Å². The van der Waals surface area contributed by atoms with Crippen molar-refractivity contribution in [3.8, 4) is 11.1 Å². The molecular formula is C28H34N2O5. The topological polar surface area (TPSA) is 105 Å². The molecule has 0 saturated heterocycles. The summed E-state index contributed by atoms with van der Waals surface area (Å²) in [6.45, 7) is 4.41. The van der Waals surface area contributed by atoms with Crippen LogP contribution < -0.4 is 10.6 Å². The van der Waals surface area contributed by atoms with E-state index in [1.807, 2.05) is 38.1 Å². The van der Waals surface area contributed by atoms with E-state index in [0.29, 0.717) is 6.54 Å². The Morgan fingerprint density at radius 2 is 1.63 bits per heavy atom.